The summed E-state index contributed by atoms with van der Waals surface area (Å²) in [5.41, 5.74) is 4.89. The first-order valence-electron chi connectivity index (χ1n) is 8.89. The van der Waals surface area contributed by atoms with Crippen molar-refractivity contribution in [3.63, 3.8) is 0 Å². The van der Waals surface area contributed by atoms with Crippen LogP contribution >= 0.6 is 0 Å². The quantitative estimate of drug-likeness (QED) is 0.749. The van der Waals surface area contributed by atoms with E-state index < -0.39 is 0 Å². The van der Waals surface area contributed by atoms with Gasteiger partial charge in [0.15, 0.2) is 0 Å². The van der Waals surface area contributed by atoms with Gasteiger partial charge in [0.25, 0.3) is 0 Å². The molecule has 0 aromatic heterocycles. The summed E-state index contributed by atoms with van der Waals surface area (Å²) in [5.74, 6) is 0. The predicted octanol–water partition coefficient (Wildman–Crippen LogP) is 3.15. The van der Waals surface area contributed by atoms with Gasteiger partial charge in [-0.1, -0.05) is 39.2 Å². The normalized spacial score (nSPS) is 27.4. The Morgan fingerprint density at radius 1 is 1.30 bits per heavy atom. The minimum atomic E-state index is 0.177. The zero-order valence-electron chi connectivity index (χ0n) is 15.4. The van der Waals surface area contributed by atoms with Gasteiger partial charge in [0.1, 0.15) is 0 Å². The zero-order chi connectivity index (χ0) is 17.0. The van der Waals surface area contributed by atoms with Gasteiger partial charge in [-0.05, 0) is 38.2 Å². The van der Waals surface area contributed by atoms with Crippen molar-refractivity contribution >= 4 is 5.71 Å². The van der Waals surface area contributed by atoms with Crippen molar-refractivity contribution in [3.05, 3.63) is 23.0 Å². The molecular formula is C19H33N3O. The van der Waals surface area contributed by atoms with E-state index in [-0.39, 0.29) is 24.1 Å². The van der Waals surface area contributed by atoms with E-state index >= 15 is 0 Å². The molecule has 23 heavy (non-hydrogen) atoms. The Hall–Kier alpha value is -1.13. The molecule has 0 spiro atoms. The summed E-state index contributed by atoms with van der Waals surface area (Å²) >= 11 is 0. The second-order valence-corrected chi connectivity index (χ2v) is 7.92. The van der Waals surface area contributed by atoms with E-state index in [4.69, 9.17) is 4.99 Å². The van der Waals surface area contributed by atoms with Gasteiger partial charge in [-0.3, -0.25) is 4.99 Å². The maximum absolute atomic E-state index is 9.47. The lowest BCUT2D eigenvalue weighted by molar-refractivity contribution is 0.236. The maximum Gasteiger partial charge on any atom is 0.0604 e. The maximum atomic E-state index is 9.47. The molecule has 2 aliphatic heterocycles. The lowest BCUT2D eigenvalue weighted by Gasteiger charge is -2.27. The summed E-state index contributed by atoms with van der Waals surface area (Å²) in [6, 6.07) is 0.491. The number of aliphatic hydroxyl groups excluding tert-OH is 1. The van der Waals surface area contributed by atoms with Gasteiger partial charge in [0.2, 0.25) is 0 Å². The first-order chi connectivity index (χ1) is 10.8. The summed E-state index contributed by atoms with van der Waals surface area (Å²) in [6.45, 7) is 12.0. The highest BCUT2D eigenvalue weighted by atomic mass is 16.3. The molecule has 0 aromatic rings. The molecule has 0 saturated carbocycles. The van der Waals surface area contributed by atoms with Crippen molar-refractivity contribution in [2.24, 2.45) is 10.4 Å². The van der Waals surface area contributed by atoms with Crippen molar-refractivity contribution < 1.29 is 5.11 Å². The fraction of sp³-hybridized carbons (Fsp3) is 0.737. The van der Waals surface area contributed by atoms with Gasteiger partial charge in [-0.25, -0.2) is 0 Å². The number of allylic oxidation sites excluding steroid dienone is 3. The van der Waals surface area contributed by atoms with Crippen LogP contribution in [0.5, 0.6) is 0 Å². The molecule has 2 aliphatic rings. The molecule has 1 fully saturated rings. The van der Waals surface area contributed by atoms with Gasteiger partial charge < -0.3 is 15.7 Å². The van der Waals surface area contributed by atoms with Crippen LogP contribution in [0.1, 0.15) is 60.3 Å². The van der Waals surface area contributed by atoms with Crippen molar-refractivity contribution in [1.82, 2.24) is 10.6 Å². The van der Waals surface area contributed by atoms with Gasteiger partial charge >= 0.3 is 0 Å². The highest BCUT2D eigenvalue weighted by Crippen LogP contribution is 2.26. The molecule has 4 heteroatoms. The second-order valence-electron chi connectivity index (χ2n) is 7.92. The first-order valence-corrected chi connectivity index (χ1v) is 8.89. The molecule has 0 radical (unpaired) electrons. The fourth-order valence-corrected chi connectivity index (χ4v) is 3.02. The number of rotatable bonds is 3. The second kappa shape index (κ2) is 7.63. The van der Waals surface area contributed by atoms with E-state index in [1.165, 1.54) is 24.1 Å². The summed E-state index contributed by atoms with van der Waals surface area (Å²) in [6.07, 6.45) is 6.78. The standard InChI is InChI=1S/C19H33N3O/c1-13(19(3,4)5)10-17-14(2)21-18(11-20-17)16-9-7-6-8-15(12-23)22-16/h10,15-16,20,22-23H,6-9,11-12H2,1-5H3/b13-10+. The summed E-state index contributed by atoms with van der Waals surface area (Å²) in [4.78, 5) is 4.88. The molecule has 130 valence electrons. The third-order valence-corrected chi connectivity index (χ3v) is 5.06. The number of aliphatic hydroxyl groups is 1. The van der Waals surface area contributed by atoms with Gasteiger partial charge in [0.05, 0.1) is 30.3 Å². The van der Waals surface area contributed by atoms with E-state index in [1.807, 2.05) is 0 Å². The van der Waals surface area contributed by atoms with Gasteiger partial charge in [0, 0.05) is 12.1 Å². The molecule has 1 saturated heterocycles. The molecule has 0 aromatic carbocycles. The van der Waals surface area contributed by atoms with Crippen LogP contribution < -0.4 is 10.6 Å². The molecule has 2 atom stereocenters. The molecule has 0 bridgehead atoms. The Labute approximate surface area is 141 Å². The van der Waals surface area contributed by atoms with Crippen molar-refractivity contribution in [2.45, 2.75) is 72.4 Å². The number of hydrogen-bond donors (Lipinski definition) is 3. The molecular weight excluding hydrogens is 286 g/mol. The highest BCUT2D eigenvalue weighted by molar-refractivity contribution is 5.93. The van der Waals surface area contributed by atoms with E-state index in [2.05, 4.69) is 51.3 Å². The minimum absolute atomic E-state index is 0.177. The molecule has 2 rings (SSSR count). The minimum Gasteiger partial charge on any atom is -0.395 e. The Kier molecular flexibility index (Phi) is 6.04. The van der Waals surface area contributed by atoms with Crippen LogP contribution in [0.4, 0.5) is 0 Å². The largest absolute Gasteiger partial charge is 0.395 e. The van der Waals surface area contributed by atoms with Crippen LogP contribution in [0.25, 0.3) is 0 Å². The molecule has 0 amide bonds. The molecule has 4 nitrogen and oxygen atoms in total. The van der Waals surface area contributed by atoms with Crippen LogP contribution in [0, 0.1) is 5.41 Å². The third-order valence-electron chi connectivity index (χ3n) is 5.06. The molecule has 2 unspecified atom stereocenters. The Balaban J connectivity index is 2.16. The van der Waals surface area contributed by atoms with Crippen LogP contribution in [0.3, 0.4) is 0 Å². The highest BCUT2D eigenvalue weighted by Gasteiger charge is 2.25. The molecule has 2 heterocycles. The van der Waals surface area contributed by atoms with E-state index in [1.54, 1.807) is 0 Å². The summed E-state index contributed by atoms with van der Waals surface area (Å²) in [5, 5.41) is 16.6. The Morgan fingerprint density at radius 2 is 2.00 bits per heavy atom. The number of aliphatic imine (C=N–C) groups is 1. The van der Waals surface area contributed by atoms with E-state index in [9.17, 15) is 5.11 Å². The van der Waals surface area contributed by atoms with Crippen molar-refractivity contribution in [1.29, 1.82) is 0 Å². The molecule has 3 N–H and O–H groups in total. The number of nitrogens with one attached hydrogen (secondary N) is 2. The van der Waals surface area contributed by atoms with Gasteiger partial charge in [-0.2, -0.15) is 0 Å². The Morgan fingerprint density at radius 3 is 2.61 bits per heavy atom. The molecule has 0 aliphatic carbocycles. The lowest BCUT2D eigenvalue weighted by Crippen LogP contribution is -2.47. The van der Waals surface area contributed by atoms with Gasteiger partial charge in [-0.15, -0.1) is 0 Å². The van der Waals surface area contributed by atoms with E-state index in [0.717, 1.165) is 30.8 Å². The SMILES string of the molecule is CC1=C(/C=C(\C)C(C)(C)C)NCC(C2CCCCC(CO)N2)=N1. The monoisotopic (exact) mass is 319 g/mol. The Bertz CT molecular complexity index is 511. The smallest absolute Gasteiger partial charge is 0.0604 e. The lowest BCUT2D eigenvalue weighted by atomic mass is 9.87. The number of nitrogens with zero attached hydrogens (tertiary/aromatic N) is 1. The average molecular weight is 319 g/mol. The summed E-state index contributed by atoms with van der Waals surface area (Å²) in [7, 11) is 0. The van der Waals surface area contributed by atoms with Crippen LogP contribution in [0.2, 0.25) is 0 Å². The summed E-state index contributed by atoms with van der Waals surface area (Å²) < 4.78 is 0. The van der Waals surface area contributed by atoms with Crippen LogP contribution in [-0.2, 0) is 0 Å². The predicted molar refractivity (Wildman–Crippen MR) is 97.6 cm³/mol. The average Bonchev–Trinajstić information content (AvgIpc) is 2.73. The zero-order valence-corrected chi connectivity index (χ0v) is 15.4. The van der Waals surface area contributed by atoms with E-state index in [0.29, 0.717) is 0 Å². The third kappa shape index (κ3) is 4.92. The van der Waals surface area contributed by atoms with Crippen molar-refractivity contribution in [3.8, 4) is 0 Å². The topological polar surface area (TPSA) is 56.6 Å². The number of hydrogen-bond acceptors (Lipinski definition) is 4. The first kappa shape index (κ1) is 18.2. The fourth-order valence-electron chi connectivity index (χ4n) is 3.02. The van der Waals surface area contributed by atoms with Crippen molar-refractivity contribution in [2.75, 3.05) is 13.2 Å². The van der Waals surface area contributed by atoms with Crippen LogP contribution in [-0.4, -0.2) is 36.1 Å². The van der Waals surface area contributed by atoms with Crippen LogP contribution in [0.15, 0.2) is 28.0 Å².